The zero-order valence-electron chi connectivity index (χ0n) is 10.1. The fourth-order valence-corrected chi connectivity index (χ4v) is 2.50. The number of rotatable bonds is 4. The van der Waals surface area contributed by atoms with Gasteiger partial charge in [-0.15, -0.1) is 0 Å². The van der Waals surface area contributed by atoms with Gasteiger partial charge in [-0.05, 0) is 37.1 Å². The van der Waals surface area contributed by atoms with Crippen molar-refractivity contribution >= 4 is 0 Å². The normalized spacial score (nSPS) is 22.2. The molecule has 1 N–H and O–H groups in total. The van der Waals surface area contributed by atoms with Crippen LogP contribution in [0.25, 0.3) is 0 Å². The van der Waals surface area contributed by atoms with Crippen LogP contribution < -0.4 is 5.32 Å². The third-order valence-corrected chi connectivity index (χ3v) is 3.40. The summed E-state index contributed by atoms with van der Waals surface area (Å²) in [6, 6.07) is 2.54. The van der Waals surface area contributed by atoms with Crippen molar-refractivity contribution < 1.29 is 4.74 Å². The van der Waals surface area contributed by atoms with Gasteiger partial charge in [0.1, 0.15) is 0 Å². The second-order valence-electron chi connectivity index (χ2n) is 4.32. The minimum Gasteiger partial charge on any atom is -0.381 e. The topological polar surface area (TPSA) is 34.2 Å². The third-order valence-electron chi connectivity index (χ3n) is 3.40. The molecule has 1 fully saturated rings. The molecule has 1 aliphatic rings. The fraction of sp³-hybridized carbons (Fsp3) is 0.615. The van der Waals surface area contributed by atoms with Crippen LogP contribution in [0.15, 0.2) is 18.5 Å². The highest BCUT2D eigenvalue weighted by atomic mass is 16.5. The molecule has 0 spiro atoms. The van der Waals surface area contributed by atoms with Gasteiger partial charge in [0.2, 0.25) is 0 Å². The third kappa shape index (κ3) is 2.25. The van der Waals surface area contributed by atoms with E-state index in [0.717, 1.165) is 26.1 Å². The number of nitrogens with zero attached hydrogens (tertiary/aromatic N) is 1. The van der Waals surface area contributed by atoms with E-state index in [1.807, 2.05) is 19.4 Å². The first-order valence-electron chi connectivity index (χ1n) is 6.04. The van der Waals surface area contributed by atoms with Crippen molar-refractivity contribution in [2.24, 2.45) is 5.92 Å². The molecule has 2 atom stereocenters. The zero-order chi connectivity index (χ0) is 11.4. The highest BCUT2D eigenvalue weighted by molar-refractivity contribution is 5.27. The van der Waals surface area contributed by atoms with Crippen LogP contribution in [-0.2, 0) is 11.2 Å². The van der Waals surface area contributed by atoms with Crippen molar-refractivity contribution in [3.8, 4) is 0 Å². The summed E-state index contributed by atoms with van der Waals surface area (Å²) in [6.07, 6.45) is 6.05. The molecule has 1 aromatic heterocycles. The number of hydrogen-bond acceptors (Lipinski definition) is 3. The molecule has 0 amide bonds. The van der Waals surface area contributed by atoms with E-state index in [0.29, 0.717) is 12.0 Å². The lowest BCUT2D eigenvalue weighted by Gasteiger charge is -2.24. The SMILES string of the molecule is CCc1cnccc1C(NC)C1CCOC1. The maximum Gasteiger partial charge on any atom is 0.0513 e. The molecule has 3 heteroatoms. The predicted molar refractivity (Wildman–Crippen MR) is 64.3 cm³/mol. The molecule has 0 aliphatic carbocycles. The van der Waals surface area contributed by atoms with Gasteiger partial charge >= 0.3 is 0 Å². The van der Waals surface area contributed by atoms with Crippen molar-refractivity contribution in [3.05, 3.63) is 29.6 Å². The Bertz CT molecular complexity index is 334. The van der Waals surface area contributed by atoms with E-state index in [1.54, 1.807) is 0 Å². The molecule has 2 heterocycles. The van der Waals surface area contributed by atoms with Crippen molar-refractivity contribution in [2.45, 2.75) is 25.8 Å². The summed E-state index contributed by atoms with van der Waals surface area (Å²) in [4.78, 5) is 4.20. The van der Waals surface area contributed by atoms with Crippen molar-refractivity contribution in [3.63, 3.8) is 0 Å². The van der Waals surface area contributed by atoms with E-state index in [-0.39, 0.29) is 0 Å². The van der Waals surface area contributed by atoms with Gasteiger partial charge in [-0.25, -0.2) is 0 Å². The van der Waals surface area contributed by atoms with E-state index in [1.165, 1.54) is 11.1 Å². The minimum absolute atomic E-state index is 0.403. The lowest BCUT2D eigenvalue weighted by molar-refractivity contribution is 0.177. The summed E-state index contributed by atoms with van der Waals surface area (Å²) >= 11 is 0. The Morgan fingerprint density at radius 1 is 1.62 bits per heavy atom. The Hall–Kier alpha value is -0.930. The first-order chi connectivity index (χ1) is 7.86. The van der Waals surface area contributed by atoms with E-state index >= 15 is 0 Å². The van der Waals surface area contributed by atoms with E-state index < -0.39 is 0 Å². The standard InChI is InChI=1S/C13H20N2O/c1-3-10-8-15-6-4-12(10)13(14-2)11-5-7-16-9-11/h4,6,8,11,13-14H,3,5,7,9H2,1-2H3. The Balaban J connectivity index is 2.24. The summed E-state index contributed by atoms with van der Waals surface area (Å²) in [6.45, 7) is 3.95. The van der Waals surface area contributed by atoms with Crippen LogP contribution in [0.5, 0.6) is 0 Å². The van der Waals surface area contributed by atoms with E-state index in [9.17, 15) is 0 Å². The summed E-state index contributed by atoms with van der Waals surface area (Å²) in [5.41, 5.74) is 2.73. The molecule has 1 aliphatic heterocycles. The van der Waals surface area contributed by atoms with Crippen molar-refractivity contribution in [2.75, 3.05) is 20.3 Å². The molecular weight excluding hydrogens is 200 g/mol. The lowest BCUT2D eigenvalue weighted by Crippen LogP contribution is -2.26. The highest BCUT2D eigenvalue weighted by Crippen LogP contribution is 2.30. The molecular formula is C13H20N2O. The van der Waals surface area contributed by atoms with Gasteiger partial charge in [0.25, 0.3) is 0 Å². The second kappa shape index (κ2) is 5.41. The number of aryl methyl sites for hydroxylation is 1. The molecule has 1 aromatic rings. The van der Waals surface area contributed by atoms with E-state index in [2.05, 4.69) is 23.3 Å². The molecule has 2 rings (SSSR count). The molecule has 0 aromatic carbocycles. The van der Waals surface area contributed by atoms with Gasteiger partial charge in [-0.2, -0.15) is 0 Å². The van der Waals surface area contributed by atoms with Crippen molar-refractivity contribution in [1.29, 1.82) is 0 Å². The van der Waals surface area contributed by atoms with Gasteiger partial charge in [-0.1, -0.05) is 6.92 Å². The maximum absolute atomic E-state index is 5.48. The molecule has 0 bridgehead atoms. The van der Waals surface area contributed by atoms with Gasteiger partial charge in [0.05, 0.1) is 6.61 Å². The second-order valence-corrected chi connectivity index (χ2v) is 4.32. The van der Waals surface area contributed by atoms with Crippen LogP contribution in [0, 0.1) is 5.92 Å². The summed E-state index contributed by atoms with van der Waals surface area (Å²) in [5, 5.41) is 3.43. The Morgan fingerprint density at radius 3 is 3.12 bits per heavy atom. The van der Waals surface area contributed by atoms with Gasteiger partial charge in [0, 0.05) is 31.0 Å². The van der Waals surface area contributed by atoms with Crippen LogP contribution in [-0.4, -0.2) is 25.2 Å². The van der Waals surface area contributed by atoms with Crippen LogP contribution >= 0.6 is 0 Å². The zero-order valence-corrected chi connectivity index (χ0v) is 10.1. The number of ether oxygens (including phenoxy) is 1. The monoisotopic (exact) mass is 220 g/mol. The maximum atomic E-state index is 5.48. The van der Waals surface area contributed by atoms with Gasteiger partial charge in [0.15, 0.2) is 0 Å². The summed E-state index contributed by atoms with van der Waals surface area (Å²) in [5.74, 6) is 0.595. The average molecular weight is 220 g/mol. The summed E-state index contributed by atoms with van der Waals surface area (Å²) < 4.78 is 5.48. The minimum atomic E-state index is 0.403. The van der Waals surface area contributed by atoms with Crippen LogP contribution in [0.4, 0.5) is 0 Å². The fourth-order valence-electron chi connectivity index (χ4n) is 2.50. The Labute approximate surface area is 97.2 Å². The van der Waals surface area contributed by atoms with Crippen LogP contribution in [0.3, 0.4) is 0 Å². The molecule has 0 saturated carbocycles. The predicted octanol–water partition coefficient (Wildman–Crippen LogP) is 1.94. The highest BCUT2D eigenvalue weighted by Gasteiger charge is 2.26. The Kier molecular flexibility index (Phi) is 3.91. The lowest BCUT2D eigenvalue weighted by atomic mass is 9.90. The number of pyridine rings is 1. The molecule has 2 unspecified atom stereocenters. The largest absolute Gasteiger partial charge is 0.381 e. The molecule has 88 valence electrons. The number of hydrogen-bond donors (Lipinski definition) is 1. The van der Waals surface area contributed by atoms with Gasteiger partial charge < -0.3 is 10.1 Å². The first kappa shape index (κ1) is 11.6. The summed E-state index contributed by atoms with van der Waals surface area (Å²) in [7, 11) is 2.03. The number of nitrogens with one attached hydrogen (secondary N) is 1. The average Bonchev–Trinajstić information content (AvgIpc) is 2.84. The quantitative estimate of drug-likeness (QED) is 0.842. The van der Waals surface area contributed by atoms with Crippen LogP contribution in [0.2, 0.25) is 0 Å². The Morgan fingerprint density at radius 2 is 2.50 bits per heavy atom. The molecule has 1 saturated heterocycles. The molecule has 3 nitrogen and oxygen atoms in total. The van der Waals surface area contributed by atoms with Crippen LogP contribution in [0.1, 0.15) is 30.5 Å². The molecule has 16 heavy (non-hydrogen) atoms. The first-order valence-corrected chi connectivity index (χ1v) is 6.04. The number of aromatic nitrogens is 1. The molecule has 0 radical (unpaired) electrons. The van der Waals surface area contributed by atoms with E-state index in [4.69, 9.17) is 4.74 Å². The smallest absolute Gasteiger partial charge is 0.0513 e. The van der Waals surface area contributed by atoms with Crippen molar-refractivity contribution in [1.82, 2.24) is 10.3 Å². The van der Waals surface area contributed by atoms with Gasteiger partial charge in [-0.3, -0.25) is 4.98 Å².